The Morgan fingerprint density at radius 2 is 1.87 bits per heavy atom. The standard InChI is InChI=1S/C25H39N3O3/c1-19-14-27(15-20-8-6-5-7-9-20)22(17-28(19)24(29)31-25(2,3)4)16-26-12-13-30-18-23(26)21-10-11-21/h5-9,19,21-23H,10-18H2,1-4H3/t19-,22+,23?/m1/s1. The highest BCUT2D eigenvalue weighted by atomic mass is 16.6. The van der Waals surface area contributed by atoms with Crippen molar-refractivity contribution in [3.63, 3.8) is 0 Å². The van der Waals surface area contributed by atoms with Crippen molar-refractivity contribution < 1.29 is 14.3 Å². The van der Waals surface area contributed by atoms with Gasteiger partial charge in [0.2, 0.25) is 0 Å². The average Bonchev–Trinajstić information content (AvgIpc) is 3.55. The molecule has 31 heavy (non-hydrogen) atoms. The summed E-state index contributed by atoms with van der Waals surface area (Å²) in [6.45, 7) is 14.0. The van der Waals surface area contributed by atoms with Gasteiger partial charge in [0.1, 0.15) is 5.60 Å². The molecule has 1 saturated carbocycles. The number of carbonyl (C=O) groups is 1. The average molecular weight is 430 g/mol. The van der Waals surface area contributed by atoms with Crippen molar-refractivity contribution in [1.82, 2.24) is 14.7 Å². The van der Waals surface area contributed by atoms with E-state index in [4.69, 9.17) is 9.47 Å². The first kappa shape index (κ1) is 22.6. The second kappa shape index (κ2) is 9.47. The predicted molar refractivity (Wildman–Crippen MR) is 122 cm³/mol. The van der Waals surface area contributed by atoms with Crippen molar-refractivity contribution in [1.29, 1.82) is 0 Å². The third-order valence-electron chi connectivity index (χ3n) is 6.70. The van der Waals surface area contributed by atoms with E-state index in [2.05, 4.69) is 47.1 Å². The highest BCUT2D eigenvalue weighted by Gasteiger charge is 2.41. The molecule has 0 bridgehead atoms. The van der Waals surface area contributed by atoms with Crippen LogP contribution < -0.4 is 0 Å². The highest BCUT2D eigenvalue weighted by Crippen LogP contribution is 2.37. The fourth-order valence-corrected chi connectivity index (χ4v) is 4.94. The molecule has 2 heterocycles. The Kier molecular flexibility index (Phi) is 6.89. The van der Waals surface area contributed by atoms with Gasteiger partial charge in [-0.1, -0.05) is 30.3 Å². The molecule has 3 atom stereocenters. The van der Waals surface area contributed by atoms with Crippen molar-refractivity contribution in [3.05, 3.63) is 35.9 Å². The number of nitrogens with zero attached hydrogens (tertiary/aromatic N) is 3. The first-order valence-electron chi connectivity index (χ1n) is 11.9. The van der Waals surface area contributed by atoms with Crippen molar-refractivity contribution in [2.75, 3.05) is 39.4 Å². The molecule has 1 aromatic carbocycles. The molecule has 172 valence electrons. The van der Waals surface area contributed by atoms with Crippen molar-refractivity contribution in [3.8, 4) is 0 Å². The lowest BCUT2D eigenvalue weighted by atomic mass is 10.0. The van der Waals surface area contributed by atoms with Gasteiger partial charge in [-0.05, 0) is 52.0 Å². The Balaban J connectivity index is 1.50. The van der Waals surface area contributed by atoms with Crippen molar-refractivity contribution in [2.45, 2.75) is 70.8 Å². The van der Waals surface area contributed by atoms with Crippen LogP contribution in [0.2, 0.25) is 0 Å². The van der Waals surface area contributed by atoms with E-state index in [0.29, 0.717) is 12.6 Å². The lowest BCUT2D eigenvalue weighted by molar-refractivity contribution is -0.0500. The van der Waals surface area contributed by atoms with Gasteiger partial charge in [-0.25, -0.2) is 4.79 Å². The Morgan fingerprint density at radius 1 is 1.13 bits per heavy atom. The van der Waals surface area contributed by atoms with Crippen LogP contribution in [0.25, 0.3) is 0 Å². The van der Waals surface area contributed by atoms with Gasteiger partial charge in [0.25, 0.3) is 0 Å². The zero-order valence-corrected chi connectivity index (χ0v) is 19.6. The molecule has 0 radical (unpaired) electrons. The van der Waals surface area contributed by atoms with Crippen LogP contribution in [0.15, 0.2) is 30.3 Å². The number of amides is 1. The van der Waals surface area contributed by atoms with E-state index >= 15 is 0 Å². The van der Waals surface area contributed by atoms with E-state index in [0.717, 1.165) is 45.3 Å². The van der Waals surface area contributed by atoms with Crippen LogP contribution >= 0.6 is 0 Å². The van der Waals surface area contributed by atoms with Gasteiger partial charge < -0.3 is 14.4 Å². The largest absolute Gasteiger partial charge is 0.444 e. The minimum Gasteiger partial charge on any atom is -0.444 e. The van der Waals surface area contributed by atoms with Gasteiger partial charge >= 0.3 is 6.09 Å². The molecule has 1 aromatic rings. The number of ether oxygens (including phenoxy) is 2. The number of rotatable bonds is 5. The molecule has 3 fully saturated rings. The number of benzene rings is 1. The Bertz CT molecular complexity index is 731. The Hall–Kier alpha value is -1.63. The molecule has 0 aromatic heterocycles. The highest BCUT2D eigenvalue weighted by molar-refractivity contribution is 5.68. The lowest BCUT2D eigenvalue weighted by Crippen LogP contribution is -2.63. The smallest absolute Gasteiger partial charge is 0.410 e. The summed E-state index contributed by atoms with van der Waals surface area (Å²) in [5, 5.41) is 0. The van der Waals surface area contributed by atoms with Crippen molar-refractivity contribution in [2.24, 2.45) is 5.92 Å². The second-order valence-corrected chi connectivity index (χ2v) is 10.5. The molecule has 6 nitrogen and oxygen atoms in total. The Labute approximate surface area is 187 Å². The zero-order valence-electron chi connectivity index (χ0n) is 19.6. The summed E-state index contributed by atoms with van der Waals surface area (Å²) in [6, 6.07) is 11.6. The van der Waals surface area contributed by atoms with Gasteiger partial charge in [-0.2, -0.15) is 0 Å². The molecule has 0 spiro atoms. The third kappa shape index (κ3) is 5.99. The van der Waals surface area contributed by atoms with Crippen LogP contribution in [0, 0.1) is 5.92 Å². The second-order valence-electron chi connectivity index (χ2n) is 10.5. The topological polar surface area (TPSA) is 45.2 Å². The molecule has 1 aliphatic carbocycles. The summed E-state index contributed by atoms with van der Waals surface area (Å²) in [4.78, 5) is 20.1. The number of piperazine rings is 1. The molecular weight excluding hydrogens is 390 g/mol. The number of carbonyl (C=O) groups excluding carboxylic acids is 1. The molecule has 6 heteroatoms. The SMILES string of the molecule is C[C@@H]1CN(Cc2ccccc2)[C@@H](CN2CCOCC2C2CC2)CN1C(=O)OC(C)(C)C. The van der Waals surface area contributed by atoms with E-state index in [1.807, 2.05) is 25.7 Å². The predicted octanol–water partition coefficient (Wildman–Crippen LogP) is 3.61. The Morgan fingerprint density at radius 3 is 2.55 bits per heavy atom. The lowest BCUT2D eigenvalue weighted by Gasteiger charge is -2.48. The van der Waals surface area contributed by atoms with Crippen LogP contribution in [0.3, 0.4) is 0 Å². The summed E-state index contributed by atoms with van der Waals surface area (Å²) in [5.74, 6) is 0.785. The number of morpholine rings is 1. The monoisotopic (exact) mass is 429 g/mol. The normalized spacial score (nSPS) is 28.5. The van der Waals surface area contributed by atoms with E-state index in [1.165, 1.54) is 18.4 Å². The fraction of sp³-hybridized carbons (Fsp3) is 0.720. The summed E-state index contributed by atoms with van der Waals surface area (Å²) in [7, 11) is 0. The molecule has 4 rings (SSSR count). The molecule has 1 amide bonds. The number of hydrogen-bond donors (Lipinski definition) is 0. The van der Waals surface area contributed by atoms with E-state index < -0.39 is 5.60 Å². The van der Waals surface area contributed by atoms with Gasteiger partial charge in [0.05, 0.1) is 13.2 Å². The summed E-state index contributed by atoms with van der Waals surface area (Å²) < 4.78 is 11.6. The van der Waals surface area contributed by atoms with Gasteiger partial charge in [0.15, 0.2) is 0 Å². The van der Waals surface area contributed by atoms with Crippen LogP contribution in [0.1, 0.15) is 46.1 Å². The fourth-order valence-electron chi connectivity index (χ4n) is 4.94. The quantitative estimate of drug-likeness (QED) is 0.716. The maximum absolute atomic E-state index is 13.0. The van der Waals surface area contributed by atoms with Crippen LogP contribution in [-0.4, -0.2) is 83.9 Å². The molecule has 1 unspecified atom stereocenters. The summed E-state index contributed by atoms with van der Waals surface area (Å²) >= 11 is 0. The van der Waals surface area contributed by atoms with E-state index in [1.54, 1.807) is 0 Å². The van der Waals surface area contributed by atoms with Gasteiger partial charge in [-0.3, -0.25) is 9.80 Å². The summed E-state index contributed by atoms with van der Waals surface area (Å²) in [5.41, 5.74) is 0.848. The number of hydrogen-bond acceptors (Lipinski definition) is 5. The molecule has 3 aliphatic rings. The first-order valence-corrected chi connectivity index (χ1v) is 11.9. The maximum atomic E-state index is 13.0. The molecular formula is C25H39N3O3. The summed E-state index contributed by atoms with van der Waals surface area (Å²) in [6.07, 6.45) is 2.46. The van der Waals surface area contributed by atoms with Gasteiger partial charge in [0, 0.05) is 50.8 Å². The third-order valence-corrected chi connectivity index (χ3v) is 6.70. The first-order chi connectivity index (χ1) is 14.8. The minimum atomic E-state index is -0.477. The van der Waals surface area contributed by atoms with E-state index in [9.17, 15) is 4.79 Å². The molecule has 0 N–H and O–H groups in total. The van der Waals surface area contributed by atoms with Crippen LogP contribution in [-0.2, 0) is 16.0 Å². The van der Waals surface area contributed by atoms with Gasteiger partial charge in [-0.15, -0.1) is 0 Å². The zero-order chi connectivity index (χ0) is 22.0. The van der Waals surface area contributed by atoms with Crippen molar-refractivity contribution >= 4 is 6.09 Å². The van der Waals surface area contributed by atoms with Crippen LogP contribution in [0.5, 0.6) is 0 Å². The maximum Gasteiger partial charge on any atom is 0.410 e. The van der Waals surface area contributed by atoms with E-state index in [-0.39, 0.29) is 18.2 Å². The molecule has 2 saturated heterocycles. The van der Waals surface area contributed by atoms with Crippen LogP contribution in [0.4, 0.5) is 4.79 Å². The molecule has 2 aliphatic heterocycles. The minimum absolute atomic E-state index is 0.124.